The quantitative estimate of drug-likeness (QED) is 0.704. The van der Waals surface area contributed by atoms with Crippen LogP contribution in [0.1, 0.15) is 12.0 Å². The van der Waals surface area contributed by atoms with E-state index in [2.05, 4.69) is 0 Å². The molecule has 0 aromatic heterocycles. The van der Waals surface area contributed by atoms with Crippen LogP contribution in [-0.2, 0) is 11.2 Å². The summed E-state index contributed by atoms with van der Waals surface area (Å²) in [5, 5.41) is 17.9. The molecule has 0 amide bonds. The Bertz CT molecular complexity index is 372. The number of ether oxygens (including phenoxy) is 1. The fraction of sp³-hybridized carbons (Fsp3) is 0.300. The molecule has 1 aromatic rings. The molecule has 1 heterocycles. The zero-order valence-corrected chi connectivity index (χ0v) is 7.43. The first-order chi connectivity index (χ1) is 6.66. The van der Waals surface area contributed by atoms with E-state index in [-0.39, 0.29) is 5.75 Å². The molecule has 2 rings (SSSR count). The minimum absolute atomic E-state index is 0.182. The predicted octanol–water partition coefficient (Wildman–Crippen LogP) is 1.17. The number of carbonyl (C=O) groups is 1. The minimum atomic E-state index is -0.941. The van der Waals surface area contributed by atoms with Gasteiger partial charge in [-0.2, -0.15) is 0 Å². The number of hydrogen-bond acceptors (Lipinski definition) is 3. The molecule has 0 spiro atoms. The first-order valence-corrected chi connectivity index (χ1v) is 4.38. The van der Waals surface area contributed by atoms with Gasteiger partial charge in [-0.05, 0) is 36.6 Å². The van der Waals surface area contributed by atoms with Crippen molar-refractivity contribution in [1.82, 2.24) is 0 Å². The summed E-state index contributed by atoms with van der Waals surface area (Å²) in [6.45, 7) is 0. The molecule has 0 saturated carbocycles. The molecular weight excluding hydrogens is 184 g/mol. The van der Waals surface area contributed by atoms with Gasteiger partial charge in [0.25, 0.3) is 0 Å². The van der Waals surface area contributed by atoms with Crippen LogP contribution in [0.3, 0.4) is 0 Å². The number of aromatic hydroxyl groups is 1. The van der Waals surface area contributed by atoms with E-state index in [0.29, 0.717) is 18.6 Å². The molecule has 1 aromatic carbocycles. The zero-order chi connectivity index (χ0) is 10.1. The van der Waals surface area contributed by atoms with Crippen LogP contribution in [0.15, 0.2) is 18.2 Å². The second-order valence-electron chi connectivity index (χ2n) is 3.28. The van der Waals surface area contributed by atoms with Gasteiger partial charge < -0.3 is 14.9 Å². The van der Waals surface area contributed by atoms with Crippen molar-refractivity contribution in [2.45, 2.75) is 18.9 Å². The van der Waals surface area contributed by atoms with E-state index in [1.807, 2.05) is 0 Å². The number of benzene rings is 1. The number of phenols is 1. The average molecular weight is 194 g/mol. The Morgan fingerprint density at radius 2 is 2.29 bits per heavy atom. The third kappa shape index (κ3) is 1.51. The van der Waals surface area contributed by atoms with Gasteiger partial charge in [-0.1, -0.05) is 0 Å². The van der Waals surface area contributed by atoms with Crippen LogP contribution in [0.5, 0.6) is 11.5 Å². The summed E-state index contributed by atoms with van der Waals surface area (Å²) in [6, 6.07) is 4.69. The van der Waals surface area contributed by atoms with Crippen molar-refractivity contribution in [2.24, 2.45) is 0 Å². The molecule has 74 valence electrons. The molecule has 0 bridgehead atoms. The van der Waals surface area contributed by atoms with Crippen LogP contribution in [0.25, 0.3) is 0 Å². The van der Waals surface area contributed by atoms with Crippen molar-refractivity contribution < 1.29 is 19.7 Å². The summed E-state index contributed by atoms with van der Waals surface area (Å²) in [4.78, 5) is 10.7. The van der Waals surface area contributed by atoms with Crippen molar-refractivity contribution in [3.8, 4) is 11.5 Å². The Kier molecular flexibility index (Phi) is 2.04. The number of rotatable bonds is 1. The second-order valence-corrected chi connectivity index (χ2v) is 3.28. The first-order valence-electron chi connectivity index (χ1n) is 4.38. The van der Waals surface area contributed by atoms with Crippen molar-refractivity contribution >= 4 is 5.97 Å². The van der Waals surface area contributed by atoms with Gasteiger partial charge in [-0.3, -0.25) is 0 Å². The van der Waals surface area contributed by atoms with Crippen LogP contribution in [0.4, 0.5) is 0 Å². The first kappa shape index (κ1) is 8.87. The van der Waals surface area contributed by atoms with Crippen LogP contribution < -0.4 is 4.74 Å². The summed E-state index contributed by atoms with van der Waals surface area (Å²) >= 11 is 0. The van der Waals surface area contributed by atoms with E-state index in [1.54, 1.807) is 12.1 Å². The highest BCUT2D eigenvalue weighted by Gasteiger charge is 2.25. The molecular formula is C10H10O4. The SMILES string of the molecule is O=C(O)[C@@H]1CCc2cc(O)ccc2O1. The molecule has 4 nitrogen and oxygen atoms in total. The van der Waals surface area contributed by atoms with Gasteiger partial charge in [0.15, 0.2) is 6.10 Å². The lowest BCUT2D eigenvalue weighted by molar-refractivity contribution is -0.145. The molecule has 2 N–H and O–H groups in total. The summed E-state index contributed by atoms with van der Waals surface area (Å²) in [7, 11) is 0. The average Bonchev–Trinajstić information content (AvgIpc) is 2.16. The smallest absolute Gasteiger partial charge is 0.344 e. The summed E-state index contributed by atoms with van der Waals surface area (Å²) in [6.07, 6.45) is 0.319. The summed E-state index contributed by atoms with van der Waals surface area (Å²) in [5.41, 5.74) is 0.863. The van der Waals surface area contributed by atoms with Crippen LogP contribution in [0.2, 0.25) is 0 Å². The summed E-state index contributed by atoms with van der Waals surface area (Å²) < 4.78 is 5.24. The normalized spacial score (nSPS) is 19.6. The molecule has 0 aliphatic carbocycles. The van der Waals surface area contributed by atoms with Crippen molar-refractivity contribution in [3.05, 3.63) is 23.8 Å². The Morgan fingerprint density at radius 3 is 3.00 bits per heavy atom. The van der Waals surface area contributed by atoms with Gasteiger partial charge in [0.1, 0.15) is 11.5 Å². The molecule has 0 fully saturated rings. The summed E-state index contributed by atoms with van der Waals surface area (Å²) in [5.74, 6) is -0.202. The lowest BCUT2D eigenvalue weighted by atomic mass is 10.0. The molecule has 0 unspecified atom stereocenters. The molecule has 0 saturated heterocycles. The Balaban J connectivity index is 2.27. The second kappa shape index (κ2) is 3.21. The molecule has 1 aliphatic heterocycles. The monoisotopic (exact) mass is 194 g/mol. The molecule has 14 heavy (non-hydrogen) atoms. The Hall–Kier alpha value is -1.71. The van der Waals surface area contributed by atoms with E-state index in [9.17, 15) is 9.90 Å². The third-order valence-electron chi connectivity index (χ3n) is 2.26. The highest BCUT2D eigenvalue weighted by atomic mass is 16.5. The highest BCUT2D eigenvalue weighted by molar-refractivity contribution is 5.73. The van der Waals surface area contributed by atoms with E-state index in [1.165, 1.54) is 6.07 Å². The molecule has 1 aliphatic rings. The van der Waals surface area contributed by atoms with E-state index >= 15 is 0 Å². The maximum Gasteiger partial charge on any atom is 0.344 e. The fourth-order valence-corrected chi connectivity index (χ4v) is 1.55. The number of phenolic OH excluding ortho intramolecular Hbond substituents is 1. The van der Waals surface area contributed by atoms with Crippen molar-refractivity contribution in [2.75, 3.05) is 0 Å². The van der Waals surface area contributed by atoms with Crippen LogP contribution >= 0.6 is 0 Å². The lowest BCUT2D eigenvalue weighted by Crippen LogP contribution is -2.30. The van der Waals surface area contributed by atoms with E-state index in [4.69, 9.17) is 9.84 Å². The van der Waals surface area contributed by atoms with Crippen LogP contribution in [0, 0.1) is 0 Å². The number of aliphatic carboxylic acids is 1. The van der Waals surface area contributed by atoms with Gasteiger partial charge in [0.05, 0.1) is 0 Å². The van der Waals surface area contributed by atoms with Crippen LogP contribution in [-0.4, -0.2) is 22.3 Å². The van der Waals surface area contributed by atoms with E-state index < -0.39 is 12.1 Å². The predicted molar refractivity (Wildman–Crippen MR) is 48.5 cm³/mol. The Labute approximate surface area is 80.7 Å². The standard InChI is InChI=1S/C10H10O4/c11-7-2-4-8-6(5-7)1-3-9(14-8)10(12)13/h2,4-5,9,11H,1,3H2,(H,12,13)/t9-/m0/s1. The van der Waals surface area contributed by atoms with E-state index in [0.717, 1.165) is 5.56 Å². The topological polar surface area (TPSA) is 66.8 Å². The largest absolute Gasteiger partial charge is 0.508 e. The number of hydrogen-bond donors (Lipinski definition) is 2. The lowest BCUT2D eigenvalue weighted by Gasteiger charge is -2.22. The maximum atomic E-state index is 10.7. The number of carboxylic acids is 1. The maximum absolute atomic E-state index is 10.7. The van der Waals surface area contributed by atoms with Gasteiger partial charge in [-0.25, -0.2) is 4.79 Å². The zero-order valence-electron chi connectivity index (χ0n) is 7.43. The number of aryl methyl sites for hydroxylation is 1. The minimum Gasteiger partial charge on any atom is -0.508 e. The van der Waals surface area contributed by atoms with Gasteiger partial charge >= 0.3 is 5.97 Å². The molecule has 4 heteroatoms. The number of fused-ring (bicyclic) bond motifs is 1. The van der Waals surface area contributed by atoms with Gasteiger partial charge in [0, 0.05) is 0 Å². The van der Waals surface area contributed by atoms with Gasteiger partial charge in [0.2, 0.25) is 0 Å². The molecule has 1 atom stereocenters. The highest BCUT2D eigenvalue weighted by Crippen LogP contribution is 2.30. The van der Waals surface area contributed by atoms with Crippen molar-refractivity contribution in [1.29, 1.82) is 0 Å². The molecule has 0 radical (unpaired) electrons. The Morgan fingerprint density at radius 1 is 1.50 bits per heavy atom. The third-order valence-corrected chi connectivity index (χ3v) is 2.26. The van der Waals surface area contributed by atoms with Crippen molar-refractivity contribution in [3.63, 3.8) is 0 Å². The van der Waals surface area contributed by atoms with Gasteiger partial charge in [-0.15, -0.1) is 0 Å². The fourth-order valence-electron chi connectivity index (χ4n) is 1.55. The number of carboxylic acid groups (broad SMARTS) is 1.